The Hall–Kier alpha value is -1.60. The lowest BCUT2D eigenvalue weighted by Crippen LogP contribution is -2.53. The third kappa shape index (κ3) is 1.64. The number of ether oxygens (including phenoxy) is 4. The lowest BCUT2D eigenvalue weighted by Gasteiger charge is -2.48. The molecule has 0 amide bonds. The molecule has 0 spiro atoms. The van der Waals surface area contributed by atoms with Crippen LogP contribution in [0.15, 0.2) is 24.3 Å². The first-order valence-electron chi connectivity index (χ1n) is 8.32. The van der Waals surface area contributed by atoms with E-state index in [1.165, 1.54) is 0 Å². The molecule has 1 aliphatic carbocycles. The van der Waals surface area contributed by atoms with Crippen LogP contribution < -0.4 is 9.47 Å². The van der Waals surface area contributed by atoms with Gasteiger partial charge in [-0.3, -0.25) is 4.90 Å². The van der Waals surface area contributed by atoms with Crippen molar-refractivity contribution < 1.29 is 24.1 Å². The van der Waals surface area contributed by atoms with Crippen LogP contribution in [0.5, 0.6) is 11.5 Å². The van der Waals surface area contributed by atoms with Gasteiger partial charge in [-0.05, 0) is 24.1 Å². The third-order valence-corrected chi connectivity index (χ3v) is 6.03. The molecular weight excluding hydrogens is 310 g/mol. The van der Waals surface area contributed by atoms with Gasteiger partial charge in [0.1, 0.15) is 6.23 Å². The number of hydrogen-bond donors (Lipinski definition) is 1. The number of benzene rings is 1. The van der Waals surface area contributed by atoms with E-state index >= 15 is 0 Å². The highest BCUT2D eigenvalue weighted by Gasteiger charge is 2.61. The number of rotatable bonds is 2. The van der Waals surface area contributed by atoms with Crippen molar-refractivity contribution in [3.8, 4) is 11.5 Å². The van der Waals surface area contributed by atoms with Crippen molar-refractivity contribution in [1.29, 1.82) is 0 Å². The molecule has 1 aromatic rings. The number of fused-ring (bicyclic) bond motifs is 2. The van der Waals surface area contributed by atoms with E-state index in [1.807, 2.05) is 12.1 Å². The zero-order chi connectivity index (χ0) is 16.5. The van der Waals surface area contributed by atoms with Crippen LogP contribution in [0.1, 0.15) is 23.8 Å². The summed E-state index contributed by atoms with van der Waals surface area (Å²) in [6.45, 7) is 0.811. The van der Waals surface area contributed by atoms with Crippen LogP contribution in [-0.2, 0) is 14.9 Å². The van der Waals surface area contributed by atoms with E-state index < -0.39 is 11.5 Å². The molecule has 1 aromatic carbocycles. The average molecular weight is 331 g/mol. The Labute approximate surface area is 140 Å². The molecule has 0 aromatic heterocycles. The van der Waals surface area contributed by atoms with Crippen LogP contribution in [0.3, 0.4) is 0 Å². The van der Waals surface area contributed by atoms with Crippen molar-refractivity contribution >= 4 is 0 Å². The molecule has 6 nitrogen and oxygen atoms in total. The van der Waals surface area contributed by atoms with E-state index in [1.54, 1.807) is 14.2 Å². The van der Waals surface area contributed by atoms with E-state index in [0.717, 1.165) is 29.0 Å². The highest BCUT2D eigenvalue weighted by Crippen LogP contribution is 2.57. The molecule has 0 saturated carbocycles. The zero-order valence-corrected chi connectivity index (χ0v) is 13.8. The smallest absolute Gasteiger partial charge is 0.231 e. The third-order valence-electron chi connectivity index (χ3n) is 6.03. The molecule has 3 aliphatic heterocycles. The summed E-state index contributed by atoms with van der Waals surface area (Å²) in [6, 6.07) is 4.17. The maximum atomic E-state index is 11.0. The Morgan fingerprint density at radius 1 is 1.21 bits per heavy atom. The molecule has 4 unspecified atom stereocenters. The second-order valence-electron chi connectivity index (χ2n) is 6.91. The van der Waals surface area contributed by atoms with Gasteiger partial charge < -0.3 is 24.1 Å². The molecule has 1 fully saturated rings. The number of methoxy groups -OCH3 is 2. The van der Waals surface area contributed by atoms with Crippen LogP contribution in [0.2, 0.25) is 0 Å². The quantitative estimate of drug-likeness (QED) is 0.825. The van der Waals surface area contributed by atoms with Gasteiger partial charge in [0.05, 0.1) is 17.6 Å². The number of aliphatic hydroxyl groups excluding tert-OH is 1. The molecule has 3 heterocycles. The average Bonchev–Trinajstić information content (AvgIpc) is 3.15. The van der Waals surface area contributed by atoms with Gasteiger partial charge in [-0.1, -0.05) is 12.2 Å². The fourth-order valence-corrected chi connectivity index (χ4v) is 4.95. The summed E-state index contributed by atoms with van der Waals surface area (Å²) in [5, 5.41) is 11.0. The second kappa shape index (κ2) is 4.95. The van der Waals surface area contributed by atoms with Crippen LogP contribution in [-0.4, -0.2) is 55.8 Å². The lowest BCUT2D eigenvalue weighted by atomic mass is 9.65. The lowest BCUT2D eigenvalue weighted by molar-refractivity contribution is -0.0668. The molecule has 2 bridgehead atoms. The minimum atomic E-state index is -0.490. The summed E-state index contributed by atoms with van der Waals surface area (Å²) in [4.78, 5) is 2.25. The first-order chi connectivity index (χ1) is 11.7. The summed E-state index contributed by atoms with van der Waals surface area (Å²) >= 11 is 0. The standard InChI is InChI=1S/C18H21NO5/c1-21-10-3-4-18-12-7-14-13(23-9-24-14)6-11(12)17(22-2)19(8-16(18)20)15(18)5-10/h3-4,6-7,10,15-17,20H,5,8-9H2,1-2H3/t10?,15-,16?,17?,18-/m1/s1. The Morgan fingerprint density at radius 3 is 2.75 bits per heavy atom. The molecule has 1 saturated heterocycles. The summed E-state index contributed by atoms with van der Waals surface area (Å²) in [6.07, 6.45) is 4.41. The van der Waals surface area contributed by atoms with Gasteiger partial charge in [-0.25, -0.2) is 0 Å². The summed E-state index contributed by atoms with van der Waals surface area (Å²) in [5.41, 5.74) is 1.69. The summed E-state index contributed by atoms with van der Waals surface area (Å²) in [5.74, 6) is 1.49. The summed E-state index contributed by atoms with van der Waals surface area (Å²) in [7, 11) is 3.44. The van der Waals surface area contributed by atoms with Gasteiger partial charge in [-0.2, -0.15) is 0 Å². The predicted molar refractivity (Wildman–Crippen MR) is 85.0 cm³/mol. The van der Waals surface area contributed by atoms with Crippen molar-refractivity contribution in [1.82, 2.24) is 4.90 Å². The van der Waals surface area contributed by atoms with Crippen LogP contribution in [0.4, 0.5) is 0 Å². The van der Waals surface area contributed by atoms with E-state index in [-0.39, 0.29) is 25.2 Å². The van der Waals surface area contributed by atoms with Gasteiger partial charge in [0.25, 0.3) is 0 Å². The molecule has 6 heteroatoms. The molecule has 0 radical (unpaired) electrons. The minimum absolute atomic E-state index is 0.0593. The zero-order valence-electron chi connectivity index (χ0n) is 13.8. The number of aliphatic hydroxyl groups is 1. The van der Waals surface area contributed by atoms with Crippen molar-refractivity contribution in [2.45, 2.75) is 36.3 Å². The van der Waals surface area contributed by atoms with E-state index in [4.69, 9.17) is 18.9 Å². The normalized spacial score (nSPS) is 41.2. The van der Waals surface area contributed by atoms with Crippen LogP contribution in [0.25, 0.3) is 0 Å². The highest BCUT2D eigenvalue weighted by atomic mass is 16.7. The molecular formula is C18H21NO5. The molecule has 5 rings (SSSR count). The van der Waals surface area contributed by atoms with Crippen molar-refractivity contribution in [3.63, 3.8) is 0 Å². The van der Waals surface area contributed by atoms with Crippen LogP contribution >= 0.6 is 0 Å². The first kappa shape index (κ1) is 14.7. The Kier molecular flexibility index (Phi) is 3.04. The SMILES string of the molecule is COC1C=C[C@]23c4cc5c(cc4C(OC)N(CC2O)[C@@H]3C1)OCO5. The topological polar surface area (TPSA) is 60.4 Å². The largest absolute Gasteiger partial charge is 0.454 e. The van der Waals surface area contributed by atoms with Crippen molar-refractivity contribution in [2.75, 3.05) is 27.6 Å². The minimum Gasteiger partial charge on any atom is -0.454 e. The summed E-state index contributed by atoms with van der Waals surface area (Å²) < 4.78 is 22.5. The number of hydrogen-bond acceptors (Lipinski definition) is 6. The maximum Gasteiger partial charge on any atom is 0.231 e. The van der Waals surface area contributed by atoms with Crippen molar-refractivity contribution in [2.24, 2.45) is 0 Å². The van der Waals surface area contributed by atoms with Gasteiger partial charge in [0.2, 0.25) is 6.79 Å². The highest BCUT2D eigenvalue weighted by molar-refractivity contribution is 5.57. The van der Waals surface area contributed by atoms with Gasteiger partial charge in [0, 0.05) is 32.4 Å². The van der Waals surface area contributed by atoms with Crippen molar-refractivity contribution in [3.05, 3.63) is 35.4 Å². The maximum absolute atomic E-state index is 11.0. The fourth-order valence-electron chi connectivity index (χ4n) is 4.95. The van der Waals surface area contributed by atoms with Gasteiger partial charge >= 0.3 is 0 Å². The fraction of sp³-hybridized carbons (Fsp3) is 0.556. The van der Waals surface area contributed by atoms with Crippen LogP contribution in [0, 0.1) is 0 Å². The molecule has 128 valence electrons. The Morgan fingerprint density at radius 2 is 2.00 bits per heavy atom. The van der Waals surface area contributed by atoms with E-state index in [0.29, 0.717) is 6.54 Å². The Bertz CT molecular complexity index is 720. The number of nitrogens with zero attached hydrogens (tertiary/aromatic N) is 1. The van der Waals surface area contributed by atoms with Gasteiger partial charge in [-0.15, -0.1) is 0 Å². The molecule has 24 heavy (non-hydrogen) atoms. The van der Waals surface area contributed by atoms with E-state index in [9.17, 15) is 5.11 Å². The van der Waals surface area contributed by atoms with Gasteiger partial charge in [0.15, 0.2) is 11.5 Å². The molecule has 1 N–H and O–H groups in total. The molecule has 6 atom stereocenters. The van der Waals surface area contributed by atoms with E-state index in [2.05, 4.69) is 17.1 Å². The second-order valence-corrected chi connectivity index (χ2v) is 6.91. The predicted octanol–water partition coefficient (Wildman–Crippen LogP) is 1.33. The first-order valence-corrected chi connectivity index (χ1v) is 8.32. The Balaban J connectivity index is 1.75. The molecule has 4 aliphatic rings. The monoisotopic (exact) mass is 331 g/mol.